The van der Waals surface area contributed by atoms with Crippen molar-refractivity contribution in [3.8, 4) is 5.75 Å². The average Bonchev–Trinajstić information content (AvgIpc) is 3.17. The van der Waals surface area contributed by atoms with Crippen molar-refractivity contribution in [2.24, 2.45) is 0 Å². The van der Waals surface area contributed by atoms with Crippen LogP contribution in [0.4, 0.5) is 4.39 Å². The number of amides is 1. The molecule has 0 bridgehead atoms. The lowest BCUT2D eigenvalue weighted by Crippen LogP contribution is -2.35. The quantitative estimate of drug-likeness (QED) is 0.615. The topological polar surface area (TPSA) is 50.8 Å². The molecule has 5 nitrogen and oxygen atoms in total. The van der Waals surface area contributed by atoms with Crippen molar-refractivity contribution in [1.29, 1.82) is 0 Å². The number of benzene rings is 1. The third-order valence-corrected chi connectivity index (χ3v) is 4.68. The molecule has 1 N–H and O–H groups in total. The summed E-state index contributed by atoms with van der Waals surface area (Å²) in [6.07, 6.45) is 0.398. The minimum atomic E-state index is -0.371. The number of hydrogen-bond donors (Lipinski definition) is 1. The van der Waals surface area contributed by atoms with E-state index < -0.39 is 0 Å². The van der Waals surface area contributed by atoms with Crippen molar-refractivity contribution in [1.82, 2.24) is 10.2 Å². The Balaban J connectivity index is 1.71. The fourth-order valence-corrected chi connectivity index (χ4v) is 2.99. The maximum Gasteiger partial charge on any atom is 0.221 e. The lowest BCUT2D eigenvalue weighted by molar-refractivity contribution is -0.121. The van der Waals surface area contributed by atoms with Gasteiger partial charge in [0.25, 0.3) is 0 Å². The molecule has 0 aliphatic rings. The van der Waals surface area contributed by atoms with Crippen LogP contribution in [0, 0.1) is 5.82 Å². The third-order valence-electron chi connectivity index (χ3n) is 3.81. The molecule has 0 saturated carbocycles. The number of thiophene rings is 1. The summed E-state index contributed by atoms with van der Waals surface area (Å²) in [7, 11) is 1.64. The van der Waals surface area contributed by atoms with Gasteiger partial charge in [0.1, 0.15) is 6.61 Å². The highest BCUT2D eigenvalue weighted by atomic mass is 32.1. The van der Waals surface area contributed by atoms with Crippen LogP contribution in [0.3, 0.4) is 0 Å². The van der Waals surface area contributed by atoms with Crippen molar-refractivity contribution in [2.45, 2.75) is 13.0 Å². The first-order chi connectivity index (χ1) is 12.7. The van der Waals surface area contributed by atoms with Gasteiger partial charge in [-0.1, -0.05) is 18.2 Å². The summed E-state index contributed by atoms with van der Waals surface area (Å²) in [5, 5.41) is 4.91. The summed E-state index contributed by atoms with van der Waals surface area (Å²) < 4.78 is 24.2. The number of rotatable bonds is 12. The Hall–Kier alpha value is -1.96. The summed E-state index contributed by atoms with van der Waals surface area (Å²) in [6, 6.07) is 10.3. The van der Waals surface area contributed by atoms with E-state index in [1.165, 1.54) is 6.07 Å². The molecular weight excluding hydrogens is 355 g/mol. The van der Waals surface area contributed by atoms with Gasteiger partial charge in [-0.05, 0) is 23.6 Å². The maximum atomic E-state index is 13.6. The molecule has 142 valence electrons. The second kappa shape index (κ2) is 11.6. The molecule has 1 amide bonds. The van der Waals surface area contributed by atoms with Crippen LogP contribution in [0.2, 0.25) is 0 Å². The van der Waals surface area contributed by atoms with E-state index in [0.717, 1.165) is 4.88 Å². The fourth-order valence-electron chi connectivity index (χ4n) is 2.35. The number of ether oxygens (including phenoxy) is 2. The monoisotopic (exact) mass is 380 g/mol. The van der Waals surface area contributed by atoms with Gasteiger partial charge in [0.05, 0.1) is 13.2 Å². The Kier molecular flexibility index (Phi) is 9.09. The van der Waals surface area contributed by atoms with E-state index in [2.05, 4.69) is 10.2 Å². The minimum absolute atomic E-state index is 0.0100. The first-order valence-corrected chi connectivity index (χ1v) is 9.44. The summed E-state index contributed by atoms with van der Waals surface area (Å²) in [4.78, 5) is 15.2. The molecule has 1 aromatic carbocycles. The number of para-hydroxylation sites is 1. The predicted octanol–water partition coefficient (Wildman–Crippen LogP) is 2.92. The molecule has 2 rings (SSSR count). The number of carbonyl (C=O) groups is 1. The predicted molar refractivity (Wildman–Crippen MR) is 101 cm³/mol. The van der Waals surface area contributed by atoms with Crippen molar-refractivity contribution >= 4 is 17.2 Å². The Morgan fingerprint density at radius 3 is 2.69 bits per heavy atom. The Morgan fingerprint density at radius 1 is 1.15 bits per heavy atom. The number of nitrogens with one attached hydrogen (secondary N) is 1. The van der Waals surface area contributed by atoms with Gasteiger partial charge in [-0.15, -0.1) is 11.3 Å². The molecule has 26 heavy (non-hydrogen) atoms. The minimum Gasteiger partial charge on any atom is -0.489 e. The first-order valence-electron chi connectivity index (χ1n) is 8.56. The van der Waals surface area contributed by atoms with Gasteiger partial charge in [-0.2, -0.15) is 0 Å². The SMILES string of the molecule is COCCN(CCOc1ccccc1F)CCC(=O)NCc1cccs1. The molecule has 0 atom stereocenters. The van der Waals surface area contributed by atoms with E-state index in [4.69, 9.17) is 9.47 Å². The molecule has 0 unspecified atom stereocenters. The van der Waals surface area contributed by atoms with Crippen LogP contribution < -0.4 is 10.1 Å². The van der Waals surface area contributed by atoms with Crippen molar-refractivity contribution in [2.75, 3.05) is 40.0 Å². The van der Waals surface area contributed by atoms with Crippen LogP contribution in [0.5, 0.6) is 5.75 Å². The fraction of sp³-hybridized carbons (Fsp3) is 0.421. The van der Waals surface area contributed by atoms with Gasteiger partial charge in [0.15, 0.2) is 11.6 Å². The zero-order valence-corrected chi connectivity index (χ0v) is 15.8. The van der Waals surface area contributed by atoms with Crippen molar-refractivity contribution < 1.29 is 18.7 Å². The largest absolute Gasteiger partial charge is 0.489 e. The van der Waals surface area contributed by atoms with Gasteiger partial charge < -0.3 is 14.8 Å². The Bertz CT molecular complexity index is 652. The van der Waals surface area contributed by atoms with Crippen LogP contribution >= 0.6 is 11.3 Å². The molecule has 0 fully saturated rings. The number of nitrogens with zero attached hydrogens (tertiary/aromatic N) is 1. The molecule has 1 aromatic heterocycles. The van der Waals surface area contributed by atoms with E-state index in [1.54, 1.807) is 36.6 Å². The molecule has 0 aliphatic carbocycles. The van der Waals surface area contributed by atoms with E-state index in [1.807, 2.05) is 17.5 Å². The molecular formula is C19H25FN2O3S. The van der Waals surface area contributed by atoms with Crippen LogP contribution in [0.15, 0.2) is 41.8 Å². The van der Waals surface area contributed by atoms with E-state index in [0.29, 0.717) is 45.8 Å². The zero-order valence-electron chi connectivity index (χ0n) is 14.9. The number of methoxy groups -OCH3 is 1. The summed E-state index contributed by atoms with van der Waals surface area (Å²) in [6.45, 7) is 3.36. The average molecular weight is 380 g/mol. The molecule has 1 heterocycles. The van der Waals surface area contributed by atoms with Crippen LogP contribution in [0.1, 0.15) is 11.3 Å². The molecule has 0 spiro atoms. The molecule has 0 saturated heterocycles. The van der Waals surface area contributed by atoms with Crippen LogP contribution in [-0.2, 0) is 16.1 Å². The Morgan fingerprint density at radius 2 is 1.96 bits per heavy atom. The lowest BCUT2D eigenvalue weighted by atomic mass is 10.3. The van der Waals surface area contributed by atoms with Gasteiger partial charge in [0.2, 0.25) is 5.91 Å². The number of halogens is 1. The molecule has 0 radical (unpaired) electrons. The van der Waals surface area contributed by atoms with E-state index >= 15 is 0 Å². The summed E-state index contributed by atoms with van der Waals surface area (Å²) >= 11 is 1.62. The third kappa shape index (κ3) is 7.51. The summed E-state index contributed by atoms with van der Waals surface area (Å²) in [5.74, 6) is -0.118. The molecule has 7 heteroatoms. The van der Waals surface area contributed by atoms with Gasteiger partial charge in [0, 0.05) is 38.0 Å². The second-order valence-corrected chi connectivity index (χ2v) is 6.75. The van der Waals surface area contributed by atoms with Gasteiger partial charge in [-0.3, -0.25) is 9.69 Å². The zero-order chi connectivity index (χ0) is 18.6. The van der Waals surface area contributed by atoms with Crippen molar-refractivity contribution in [3.63, 3.8) is 0 Å². The number of carbonyl (C=O) groups excluding carboxylic acids is 1. The normalized spacial score (nSPS) is 10.9. The number of hydrogen-bond acceptors (Lipinski definition) is 5. The highest BCUT2D eigenvalue weighted by Crippen LogP contribution is 2.15. The highest BCUT2D eigenvalue weighted by molar-refractivity contribution is 7.09. The first kappa shape index (κ1) is 20.4. The maximum absolute atomic E-state index is 13.6. The van der Waals surface area contributed by atoms with Crippen molar-refractivity contribution in [3.05, 3.63) is 52.5 Å². The molecule has 2 aromatic rings. The van der Waals surface area contributed by atoms with Crippen LogP contribution in [0.25, 0.3) is 0 Å². The highest BCUT2D eigenvalue weighted by Gasteiger charge is 2.10. The summed E-state index contributed by atoms with van der Waals surface area (Å²) in [5.41, 5.74) is 0. The smallest absolute Gasteiger partial charge is 0.221 e. The standard InChI is InChI=1S/C19H25FN2O3S/c1-24-12-10-22(11-13-25-18-7-3-2-6-17(18)20)9-8-19(23)21-15-16-5-4-14-26-16/h2-7,14H,8-13,15H2,1H3,(H,21,23). The van der Waals surface area contributed by atoms with E-state index in [-0.39, 0.29) is 17.5 Å². The molecule has 0 aliphatic heterocycles. The second-order valence-electron chi connectivity index (χ2n) is 5.72. The van der Waals surface area contributed by atoms with Crippen LogP contribution in [-0.4, -0.2) is 50.8 Å². The van der Waals surface area contributed by atoms with Gasteiger partial charge in [-0.25, -0.2) is 4.39 Å². The lowest BCUT2D eigenvalue weighted by Gasteiger charge is -2.21. The van der Waals surface area contributed by atoms with E-state index in [9.17, 15) is 9.18 Å². The Labute approximate surface area is 157 Å². The van der Waals surface area contributed by atoms with Gasteiger partial charge >= 0.3 is 0 Å².